The fourth-order valence-corrected chi connectivity index (χ4v) is 3.74. The maximum atomic E-state index is 13.6. The zero-order chi connectivity index (χ0) is 23.2. The van der Waals surface area contributed by atoms with Crippen molar-refractivity contribution in [2.75, 3.05) is 30.9 Å². The number of nitrogens with zero attached hydrogens (tertiary/aromatic N) is 1. The van der Waals surface area contributed by atoms with Crippen LogP contribution in [0.25, 0.3) is 11.1 Å². The summed E-state index contributed by atoms with van der Waals surface area (Å²) in [5.41, 5.74) is 3.16. The number of aromatic nitrogens is 1. The van der Waals surface area contributed by atoms with Gasteiger partial charge in [0, 0.05) is 49.3 Å². The van der Waals surface area contributed by atoms with E-state index in [9.17, 15) is 14.0 Å². The van der Waals surface area contributed by atoms with Crippen LogP contribution in [0.4, 0.5) is 21.6 Å². The van der Waals surface area contributed by atoms with Gasteiger partial charge in [0.05, 0.1) is 0 Å². The number of hydrogen-bond acceptors (Lipinski definition) is 5. The number of amides is 2. The molecule has 8 heteroatoms. The molecule has 1 saturated heterocycles. The molecule has 0 aliphatic carbocycles. The average molecular weight is 448 g/mol. The zero-order valence-electron chi connectivity index (χ0n) is 18.2. The zero-order valence-corrected chi connectivity index (χ0v) is 18.2. The summed E-state index contributed by atoms with van der Waals surface area (Å²) < 4.78 is 18.9. The molecule has 0 unspecified atom stereocenters. The van der Waals surface area contributed by atoms with E-state index in [-0.39, 0.29) is 23.5 Å². The van der Waals surface area contributed by atoms with E-state index >= 15 is 0 Å². The first-order valence-corrected chi connectivity index (χ1v) is 10.8. The molecule has 2 aromatic carbocycles. The number of nitrogens with one attached hydrogen (secondary N) is 3. The molecular weight excluding hydrogens is 423 g/mol. The highest BCUT2D eigenvalue weighted by Crippen LogP contribution is 2.28. The Morgan fingerprint density at radius 3 is 2.58 bits per heavy atom. The van der Waals surface area contributed by atoms with Gasteiger partial charge in [-0.05, 0) is 72.5 Å². The van der Waals surface area contributed by atoms with Crippen molar-refractivity contribution in [3.8, 4) is 11.1 Å². The second-order valence-electron chi connectivity index (χ2n) is 7.82. The van der Waals surface area contributed by atoms with Crippen LogP contribution >= 0.6 is 0 Å². The minimum Gasteiger partial charge on any atom is -0.381 e. The highest BCUT2D eigenvalue weighted by molar-refractivity contribution is 5.97. The molecule has 7 nitrogen and oxygen atoms in total. The van der Waals surface area contributed by atoms with Crippen LogP contribution in [0.1, 0.15) is 23.2 Å². The van der Waals surface area contributed by atoms with Gasteiger partial charge in [-0.1, -0.05) is 6.07 Å². The third kappa shape index (κ3) is 5.72. The van der Waals surface area contributed by atoms with Gasteiger partial charge in [-0.2, -0.15) is 0 Å². The van der Waals surface area contributed by atoms with Crippen LogP contribution in [0.2, 0.25) is 0 Å². The smallest absolute Gasteiger partial charge is 0.251 e. The van der Waals surface area contributed by atoms with Gasteiger partial charge in [0.1, 0.15) is 11.6 Å². The summed E-state index contributed by atoms with van der Waals surface area (Å²) in [6.07, 6.45) is 2.99. The number of benzene rings is 2. The molecule has 0 spiro atoms. The van der Waals surface area contributed by atoms with Crippen molar-refractivity contribution in [1.29, 1.82) is 0 Å². The second kappa shape index (κ2) is 10.2. The fourth-order valence-electron chi connectivity index (χ4n) is 3.74. The third-order valence-corrected chi connectivity index (χ3v) is 5.47. The lowest BCUT2D eigenvalue weighted by Crippen LogP contribution is -2.28. The molecule has 3 N–H and O–H groups in total. The van der Waals surface area contributed by atoms with Crippen molar-refractivity contribution in [3.63, 3.8) is 0 Å². The summed E-state index contributed by atoms with van der Waals surface area (Å²) in [4.78, 5) is 29.2. The largest absolute Gasteiger partial charge is 0.381 e. The van der Waals surface area contributed by atoms with Crippen molar-refractivity contribution in [2.45, 2.75) is 12.8 Å². The van der Waals surface area contributed by atoms with Crippen LogP contribution in [0, 0.1) is 11.7 Å². The molecule has 0 radical (unpaired) electrons. The van der Waals surface area contributed by atoms with Crippen molar-refractivity contribution in [2.24, 2.45) is 5.92 Å². The Hall–Kier alpha value is -3.78. The summed E-state index contributed by atoms with van der Waals surface area (Å²) in [6.45, 7) is 1.16. The number of halogens is 1. The lowest BCUT2D eigenvalue weighted by atomic mass is 9.99. The number of carbonyl (C=O) groups is 2. The van der Waals surface area contributed by atoms with E-state index in [0.717, 1.165) is 11.1 Å². The van der Waals surface area contributed by atoms with Crippen LogP contribution in [0.3, 0.4) is 0 Å². The van der Waals surface area contributed by atoms with Crippen molar-refractivity contribution < 1.29 is 18.7 Å². The molecule has 1 fully saturated rings. The molecule has 33 heavy (non-hydrogen) atoms. The van der Waals surface area contributed by atoms with Gasteiger partial charge in [-0.15, -0.1) is 0 Å². The first-order valence-electron chi connectivity index (χ1n) is 10.8. The summed E-state index contributed by atoms with van der Waals surface area (Å²) in [5, 5.41) is 8.66. The third-order valence-electron chi connectivity index (χ3n) is 5.47. The molecule has 0 saturated carbocycles. The molecular formula is C25H25FN4O3. The fraction of sp³-hybridized carbons (Fsp3) is 0.240. The lowest BCUT2D eigenvalue weighted by Gasteiger charge is -2.21. The standard InChI is InChI=1S/C25H25FN4O3/c1-27-24(31)19-11-18(12-22(13-19)29-21-4-2-3-20(26)15-21)17-5-8-28-23(14-17)30-25(32)16-6-9-33-10-7-16/h2-5,8,11-16,29H,6-7,9-10H2,1H3,(H,27,31)(H,28,30,32). The lowest BCUT2D eigenvalue weighted by molar-refractivity contribution is -0.122. The summed E-state index contributed by atoms with van der Waals surface area (Å²) in [6, 6.07) is 15.0. The predicted octanol–water partition coefficient (Wildman–Crippen LogP) is 4.36. The Morgan fingerprint density at radius 1 is 1.00 bits per heavy atom. The van der Waals surface area contributed by atoms with Crippen LogP contribution < -0.4 is 16.0 Å². The van der Waals surface area contributed by atoms with Gasteiger partial charge in [-0.3, -0.25) is 9.59 Å². The highest BCUT2D eigenvalue weighted by Gasteiger charge is 2.22. The first-order chi connectivity index (χ1) is 16.0. The van der Waals surface area contributed by atoms with E-state index in [0.29, 0.717) is 48.8 Å². The SMILES string of the molecule is CNC(=O)c1cc(Nc2cccc(F)c2)cc(-c2ccnc(NC(=O)C3CCOCC3)c2)c1. The monoisotopic (exact) mass is 448 g/mol. The molecule has 0 bridgehead atoms. The Bertz CT molecular complexity index is 1160. The van der Waals surface area contributed by atoms with E-state index in [1.165, 1.54) is 12.1 Å². The number of carbonyl (C=O) groups excluding carboxylic acids is 2. The van der Waals surface area contributed by atoms with Gasteiger partial charge in [0.2, 0.25) is 5.91 Å². The van der Waals surface area contributed by atoms with E-state index in [1.807, 2.05) is 6.07 Å². The Balaban J connectivity index is 1.62. The van der Waals surface area contributed by atoms with Crippen molar-refractivity contribution in [1.82, 2.24) is 10.3 Å². The van der Waals surface area contributed by atoms with Crippen LogP contribution in [0.15, 0.2) is 60.8 Å². The minimum absolute atomic E-state index is 0.0736. The van der Waals surface area contributed by atoms with Crippen LogP contribution in [-0.4, -0.2) is 37.1 Å². The number of ether oxygens (including phenoxy) is 1. The van der Waals surface area contributed by atoms with Crippen LogP contribution in [0.5, 0.6) is 0 Å². The van der Waals surface area contributed by atoms with Crippen molar-refractivity contribution >= 4 is 29.0 Å². The molecule has 1 aliphatic rings. The molecule has 0 atom stereocenters. The minimum atomic E-state index is -0.360. The first kappa shape index (κ1) is 22.4. The van der Waals surface area contributed by atoms with Gasteiger partial charge < -0.3 is 20.7 Å². The Morgan fingerprint density at radius 2 is 1.82 bits per heavy atom. The van der Waals surface area contributed by atoms with Crippen LogP contribution in [-0.2, 0) is 9.53 Å². The van der Waals surface area contributed by atoms with Crippen molar-refractivity contribution in [3.05, 3.63) is 72.2 Å². The molecule has 2 amide bonds. The summed E-state index contributed by atoms with van der Waals surface area (Å²) in [5.74, 6) is -0.338. The molecule has 2 heterocycles. The second-order valence-corrected chi connectivity index (χ2v) is 7.82. The molecule has 1 aromatic heterocycles. The number of hydrogen-bond donors (Lipinski definition) is 3. The Labute approximate surface area is 191 Å². The van der Waals surface area contributed by atoms with Gasteiger partial charge in [0.15, 0.2) is 0 Å². The molecule has 3 aromatic rings. The number of anilines is 3. The van der Waals surface area contributed by atoms with Gasteiger partial charge >= 0.3 is 0 Å². The summed E-state index contributed by atoms with van der Waals surface area (Å²) in [7, 11) is 1.56. The average Bonchev–Trinajstić information content (AvgIpc) is 2.84. The van der Waals surface area contributed by atoms with E-state index in [2.05, 4.69) is 20.9 Å². The maximum absolute atomic E-state index is 13.6. The molecule has 1 aliphatic heterocycles. The Kier molecular flexibility index (Phi) is 6.95. The number of pyridine rings is 1. The van der Waals surface area contributed by atoms with E-state index < -0.39 is 0 Å². The maximum Gasteiger partial charge on any atom is 0.251 e. The molecule has 170 valence electrons. The highest BCUT2D eigenvalue weighted by atomic mass is 19.1. The quantitative estimate of drug-likeness (QED) is 0.521. The summed E-state index contributed by atoms with van der Waals surface area (Å²) >= 11 is 0. The topological polar surface area (TPSA) is 92.4 Å². The normalized spacial score (nSPS) is 13.9. The number of rotatable bonds is 6. The van der Waals surface area contributed by atoms with Gasteiger partial charge in [-0.25, -0.2) is 9.37 Å². The van der Waals surface area contributed by atoms with Gasteiger partial charge in [0.25, 0.3) is 5.91 Å². The van der Waals surface area contributed by atoms with E-state index in [1.54, 1.807) is 49.6 Å². The predicted molar refractivity (Wildman–Crippen MR) is 125 cm³/mol. The molecule has 4 rings (SSSR count). The van der Waals surface area contributed by atoms with E-state index in [4.69, 9.17) is 4.74 Å².